The third kappa shape index (κ3) is 6.22. The van der Waals surface area contributed by atoms with Crippen molar-refractivity contribution >= 4 is 6.20 Å². The van der Waals surface area contributed by atoms with Gasteiger partial charge in [0.25, 0.3) is 5.09 Å². The number of imidazole rings is 1. The highest BCUT2D eigenvalue weighted by Crippen LogP contribution is 2.00. The molecule has 1 aromatic rings. The first-order valence-corrected chi connectivity index (χ1v) is 4.20. The highest BCUT2D eigenvalue weighted by atomic mass is 16.9. The predicted molar refractivity (Wildman–Crippen MR) is 52.8 cm³/mol. The predicted octanol–water partition coefficient (Wildman–Crippen LogP) is 0.561. The van der Waals surface area contributed by atoms with Crippen molar-refractivity contribution in [3.05, 3.63) is 34.9 Å². The van der Waals surface area contributed by atoms with Crippen molar-refractivity contribution in [3.8, 4) is 0 Å². The SMILES string of the molecule is C=Cn1ccnc1CCCO.O=[N+]([O-])O. The molecule has 2 N–H and O–H groups in total. The van der Waals surface area contributed by atoms with E-state index in [1.54, 1.807) is 12.4 Å². The second-order valence-corrected chi connectivity index (χ2v) is 2.50. The molecular weight excluding hydrogens is 202 g/mol. The third-order valence-electron chi connectivity index (χ3n) is 1.50. The van der Waals surface area contributed by atoms with Gasteiger partial charge in [-0.3, -0.25) is 0 Å². The van der Waals surface area contributed by atoms with Crippen molar-refractivity contribution < 1.29 is 15.4 Å². The molecule has 7 nitrogen and oxygen atoms in total. The van der Waals surface area contributed by atoms with Crippen LogP contribution in [0.1, 0.15) is 12.2 Å². The lowest BCUT2D eigenvalue weighted by atomic mass is 10.3. The maximum atomic E-state index is 8.57. The summed E-state index contributed by atoms with van der Waals surface area (Å²) >= 11 is 0. The van der Waals surface area contributed by atoms with E-state index in [0.29, 0.717) is 0 Å². The molecule has 1 rings (SSSR count). The third-order valence-corrected chi connectivity index (χ3v) is 1.50. The molecule has 0 saturated heterocycles. The maximum Gasteiger partial charge on any atom is 0.291 e. The van der Waals surface area contributed by atoms with Gasteiger partial charge >= 0.3 is 0 Å². The fourth-order valence-corrected chi connectivity index (χ4v) is 0.941. The summed E-state index contributed by atoms with van der Waals surface area (Å²) in [7, 11) is 0. The highest BCUT2D eigenvalue weighted by molar-refractivity contribution is 5.19. The van der Waals surface area contributed by atoms with Crippen molar-refractivity contribution in [2.24, 2.45) is 0 Å². The van der Waals surface area contributed by atoms with Crippen molar-refractivity contribution in [1.82, 2.24) is 9.55 Å². The Balaban J connectivity index is 0.000000423. The second-order valence-electron chi connectivity index (χ2n) is 2.50. The molecule has 0 aliphatic heterocycles. The van der Waals surface area contributed by atoms with Gasteiger partial charge < -0.3 is 14.9 Å². The number of aliphatic hydroxyl groups excluding tert-OH is 1. The molecule has 0 fully saturated rings. The normalized spacial score (nSPS) is 8.87. The lowest BCUT2D eigenvalue weighted by molar-refractivity contribution is -0.742. The fourth-order valence-electron chi connectivity index (χ4n) is 0.941. The molecule has 0 unspecified atom stereocenters. The molecule has 0 atom stereocenters. The van der Waals surface area contributed by atoms with Gasteiger partial charge in [-0.05, 0) is 6.42 Å². The lowest BCUT2D eigenvalue weighted by Gasteiger charge is -1.98. The first-order chi connectivity index (χ1) is 7.11. The van der Waals surface area contributed by atoms with Gasteiger partial charge in [-0.15, -0.1) is 10.1 Å². The number of nitrogens with zero attached hydrogens (tertiary/aromatic N) is 3. The van der Waals surface area contributed by atoms with Gasteiger partial charge in [-0.1, -0.05) is 6.58 Å². The van der Waals surface area contributed by atoms with Gasteiger partial charge in [0.2, 0.25) is 0 Å². The molecule has 1 aromatic heterocycles. The van der Waals surface area contributed by atoms with Gasteiger partial charge in [-0.25, -0.2) is 4.98 Å². The van der Waals surface area contributed by atoms with Crippen LogP contribution in [0, 0.1) is 10.1 Å². The molecule has 0 radical (unpaired) electrons. The number of hydrogen-bond donors (Lipinski definition) is 2. The molecule has 0 amide bonds. The molecule has 7 heteroatoms. The van der Waals surface area contributed by atoms with Crippen LogP contribution in [-0.4, -0.2) is 31.6 Å². The molecule has 0 aromatic carbocycles. The Kier molecular flexibility index (Phi) is 6.56. The first kappa shape index (κ1) is 13.1. The second kappa shape index (κ2) is 7.51. The zero-order valence-electron chi connectivity index (χ0n) is 8.11. The van der Waals surface area contributed by atoms with Crippen molar-refractivity contribution in [2.45, 2.75) is 12.8 Å². The zero-order chi connectivity index (χ0) is 11.7. The van der Waals surface area contributed by atoms with Crippen LogP contribution in [0.2, 0.25) is 0 Å². The van der Waals surface area contributed by atoms with E-state index < -0.39 is 5.09 Å². The summed E-state index contributed by atoms with van der Waals surface area (Å²) in [6.45, 7) is 3.84. The number of hydrogen-bond acceptors (Lipinski definition) is 4. The van der Waals surface area contributed by atoms with Crippen molar-refractivity contribution in [1.29, 1.82) is 0 Å². The van der Waals surface area contributed by atoms with E-state index in [1.165, 1.54) is 0 Å². The summed E-state index contributed by atoms with van der Waals surface area (Å²) in [5, 5.41) is 22.2. The number of aromatic nitrogens is 2. The van der Waals surface area contributed by atoms with Crippen LogP contribution >= 0.6 is 0 Å². The Bertz CT molecular complexity index is 307. The van der Waals surface area contributed by atoms with E-state index in [-0.39, 0.29) is 6.61 Å². The van der Waals surface area contributed by atoms with Gasteiger partial charge in [0.1, 0.15) is 5.82 Å². The summed E-state index contributed by atoms with van der Waals surface area (Å²) in [4.78, 5) is 12.5. The van der Waals surface area contributed by atoms with Crippen LogP contribution in [0.3, 0.4) is 0 Å². The molecule has 0 bridgehead atoms. The zero-order valence-corrected chi connectivity index (χ0v) is 8.11. The molecule has 84 valence electrons. The van der Waals surface area contributed by atoms with E-state index in [1.807, 2.05) is 10.8 Å². The molecule has 0 spiro atoms. The van der Waals surface area contributed by atoms with E-state index in [0.717, 1.165) is 18.7 Å². The highest BCUT2D eigenvalue weighted by Gasteiger charge is 1.97. The average molecular weight is 215 g/mol. The molecule has 15 heavy (non-hydrogen) atoms. The number of aryl methyl sites for hydroxylation is 1. The van der Waals surface area contributed by atoms with Gasteiger partial charge in [-0.2, -0.15) is 0 Å². The summed E-state index contributed by atoms with van der Waals surface area (Å²) in [6.07, 6.45) is 6.84. The summed E-state index contributed by atoms with van der Waals surface area (Å²) in [6, 6.07) is 0. The Morgan fingerprint density at radius 2 is 2.33 bits per heavy atom. The number of rotatable bonds is 4. The van der Waals surface area contributed by atoms with Crippen LogP contribution in [0.5, 0.6) is 0 Å². The Hall–Kier alpha value is -1.89. The Morgan fingerprint density at radius 1 is 1.73 bits per heavy atom. The van der Waals surface area contributed by atoms with Gasteiger partial charge in [0.05, 0.1) is 0 Å². The van der Waals surface area contributed by atoms with E-state index in [2.05, 4.69) is 11.6 Å². The van der Waals surface area contributed by atoms with Crippen molar-refractivity contribution in [3.63, 3.8) is 0 Å². The minimum atomic E-state index is -1.50. The van der Waals surface area contributed by atoms with Crippen LogP contribution in [0.4, 0.5) is 0 Å². The largest absolute Gasteiger partial charge is 0.396 e. The minimum Gasteiger partial charge on any atom is -0.396 e. The van der Waals surface area contributed by atoms with Gasteiger partial charge in [0, 0.05) is 31.6 Å². The topological polar surface area (TPSA) is 101 Å². The molecule has 0 aliphatic carbocycles. The molecular formula is C8H13N3O4. The van der Waals surface area contributed by atoms with E-state index >= 15 is 0 Å². The summed E-state index contributed by atoms with van der Waals surface area (Å²) < 4.78 is 1.86. The Morgan fingerprint density at radius 3 is 2.80 bits per heavy atom. The summed E-state index contributed by atoms with van der Waals surface area (Å²) in [5.74, 6) is 0.953. The van der Waals surface area contributed by atoms with Crippen LogP contribution in [0.25, 0.3) is 6.20 Å². The first-order valence-electron chi connectivity index (χ1n) is 4.20. The lowest BCUT2D eigenvalue weighted by Crippen LogP contribution is -1.97. The Labute approximate surface area is 86.4 Å². The molecule has 0 aliphatic rings. The fraction of sp³-hybridized carbons (Fsp3) is 0.375. The standard InChI is InChI=1S/C8H12N2O.HNO3/c1-2-10-6-5-9-8(10)4-3-7-11;2-1(3)4/h2,5-6,11H,1,3-4,7H2;(H,2,3,4). The molecule has 0 saturated carbocycles. The smallest absolute Gasteiger partial charge is 0.291 e. The summed E-state index contributed by atoms with van der Waals surface area (Å²) in [5.41, 5.74) is 0. The van der Waals surface area contributed by atoms with E-state index in [9.17, 15) is 0 Å². The maximum absolute atomic E-state index is 8.57. The van der Waals surface area contributed by atoms with E-state index in [4.69, 9.17) is 20.4 Å². The van der Waals surface area contributed by atoms with Crippen molar-refractivity contribution in [2.75, 3.05) is 6.61 Å². The van der Waals surface area contributed by atoms with Crippen LogP contribution < -0.4 is 0 Å². The van der Waals surface area contributed by atoms with Crippen LogP contribution in [-0.2, 0) is 6.42 Å². The van der Waals surface area contributed by atoms with Gasteiger partial charge in [0.15, 0.2) is 0 Å². The monoisotopic (exact) mass is 215 g/mol. The quantitative estimate of drug-likeness (QED) is 0.564. The van der Waals surface area contributed by atoms with Crippen LogP contribution in [0.15, 0.2) is 19.0 Å². The minimum absolute atomic E-state index is 0.212. The molecule has 1 heterocycles. The number of aliphatic hydroxyl groups is 1. The average Bonchev–Trinajstić information content (AvgIpc) is 2.60.